The molecule has 0 aliphatic carbocycles. The molecule has 1 unspecified atom stereocenters. The summed E-state index contributed by atoms with van der Waals surface area (Å²) in [5, 5.41) is 3.17. The summed E-state index contributed by atoms with van der Waals surface area (Å²) in [7, 11) is -0.550. The van der Waals surface area contributed by atoms with Gasteiger partial charge < -0.3 is 14.5 Å². The molecule has 1 N–H and O–H groups in total. The zero-order valence-corrected chi connectivity index (χ0v) is 12.7. The van der Waals surface area contributed by atoms with E-state index < -0.39 is 10.0 Å². The van der Waals surface area contributed by atoms with Crippen LogP contribution in [0.2, 0.25) is 0 Å². The van der Waals surface area contributed by atoms with E-state index in [2.05, 4.69) is 5.32 Å². The van der Waals surface area contributed by atoms with Crippen molar-refractivity contribution in [3.05, 3.63) is 17.9 Å². The predicted molar refractivity (Wildman–Crippen MR) is 72.4 cm³/mol. The average molecular weight is 290 g/mol. The maximum Gasteiger partial charge on any atom is 0.275 e. The van der Waals surface area contributed by atoms with Crippen molar-refractivity contribution in [1.29, 1.82) is 0 Å². The minimum Gasteiger partial charge on any atom is -0.447 e. The van der Waals surface area contributed by atoms with E-state index in [4.69, 9.17) is 9.15 Å². The topological polar surface area (TPSA) is 71.8 Å². The molecule has 0 amide bonds. The van der Waals surface area contributed by atoms with Gasteiger partial charge in [0.15, 0.2) is 0 Å². The smallest absolute Gasteiger partial charge is 0.275 e. The standard InChI is InChI=1S/C12H22N2O4S/c1-5-17-9-10(2)13-8-11-6-7-12(18-11)19(15,16)14(3)4/h6-7,10,13H,5,8-9H2,1-4H3. The van der Waals surface area contributed by atoms with E-state index in [0.717, 1.165) is 4.31 Å². The van der Waals surface area contributed by atoms with Crippen LogP contribution in [-0.2, 0) is 21.3 Å². The molecule has 110 valence electrons. The average Bonchev–Trinajstić information content (AvgIpc) is 2.83. The summed E-state index contributed by atoms with van der Waals surface area (Å²) < 4.78 is 35.4. The summed E-state index contributed by atoms with van der Waals surface area (Å²) in [5.41, 5.74) is 0. The van der Waals surface area contributed by atoms with Crippen LogP contribution in [-0.4, -0.2) is 46.1 Å². The van der Waals surface area contributed by atoms with Crippen LogP contribution in [0.5, 0.6) is 0 Å². The lowest BCUT2D eigenvalue weighted by atomic mass is 10.3. The van der Waals surface area contributed by atoms with Gasteiger partial charge in [-0.25, -0.2) is 12.7 Å². The molecule has 0 radical (unpaired) electrons. The molecule has 0 fully saturated rings. The molecule has 0 aliphatic heterocycles. The maximum absolute atomic E-state index is 11.8. The molecule has 7 heteroatoms. The summed E-state index contributed by atoms with van der Waals surface area (Å²) in [6, 6.07) is 3.31. The van der Waals surface area contributed by atoms with E-state index >= 15 is 0 Å². The number of ether oxygens (including phenoxy) is 1. The van der Waals surface area contributed by atoms with E-state index in [1.807, 2.05) is 13.8 Å². The quantitative estimate of drug-likeness (QED) is 0.774. The van der Waals surface area contributed by atoms with Crippen molar-refractivity contribution < 1.29 is 17.6 Å². The van der Waals surface area contributed by atoms with Crippen molar-refractivity contribution in [2.24, 2.45) is 0 Å². The van der Waals surface area contributed by atoms with Gasteiger partial charge in [-0.05, 0) is 26.0 Å². The first-order valence-electron chi connectivity index (χ1n) is 6.20. The van der Waals surface area contributed by atoms with E-state index in [-0.39, 0.29) is 11.1 Å². The Morgan fingerprint density at radius 2 is 2.11 bits per heavy atom. The van der Waals surface area contributed by atoms with Crippen LogP contribution in [0.4, 0.5) is 0 Å². The Bertz CT molecular complexity index is 482. The molecule has 1 aromatic rings. The van der Waals surface area contributed by atoms with Gasteiger partial charge >= 0.3 is 0 Å². The molecule has 0 bridgehead atoms. The van der Waals surface area contributed by atoms with Gasteiger partial charge in [-0.3, -0.25) is 0 Å². The van der Waals surface area contributed by atoms with E-state index in [9.17, 15) is 8.42 Å². The normalized spacial score (nSPS) is 13.9. The molecule has 0 saturated heterocycles. The van der Waals surface area contributed by atoms with Crippen LogP contribution in [0, 0.1) is 0 Å². The van der Waals surface area contributed by atoms with Gasteiger partial charge in [0.1, 0.15) is 5.76 Å². The Labute approximate surface area is 114 Å². The number of furan rings is 1. The third kappa shape index (κ3) is 4.61. The molecule has 1 heterocycles. The fraction of sp³-hybridized carbons (Fsp3) is 0.667. The Balaban J connectivity index is 2.57. The second kappa shape index (κ2) is 7.04. The van der Waals surface area contributed by atoms with Gasteiger partial charge in [0.2, 0.25) is 5.09 Å². The number of nitrogens with zero attached hydrogens (tertiary/aromatic N) is 1. The third-order valence-corrected chi connectivity index (χ3v) is 4.26. The van der Waals surface area contributed by atoms with Crippen molar-refractivity contribution in [3.63, 3.8) is 0 Å². The second-order valence-electron chi connectivity index (χ2n) is 4.45. The minimum absolute atomic E-state index is 0.0354. The first-order chi connectivity index (χ1) is 8.87. The lowest BCUT2D eigenvalue weighted by Gasteiger charge is -2.12. The third-order valence-electron chi connectivity index (χ3n) is 2.57. The molecule has 6 nitrogen and oxygen atoms in total. The Kier molecular flexibility index (Phi) is 5.99. The van der Waals surface area contributed by atoms with Crippen molar-refractivity contribution in [2.45, 2.75) is 31.5 Å². The van der Waals surface area contributed by atoms with Crippen LogP contribution < -0.4 is 5.32 Å². The van der Waals surface area contributed by atoms with Crippen LogP contribution in [0.15, 0.2) is 21.6 Å². The van der Waals surface area contributed by atoms with Gasteiger partial charge in [-0.2, -0.15) is 0 Å². The van der Waals surface area contributed by atoms with Crippen molar-refractivity contribution in [3.8, 4) is 0 Å². The van der Waals surface area contributed by atoms with Crippen molar-refractivity contribution in [2.75, 3.05) is 27.3 Å². The largest absolute Gasteiger partial charge is 0.447 e. The van der Waals surface area contributed by atoms with Crippen LogP contribution in [0.1, 0.15) is 19.6 Å². The molecule has 0 saturated carbocycles. The highest BCUT2D eigenvalue weighted by molar-refractivity contribution is 7.88. The van der Waals surface area contributed by atoms with Crippen molar-refractivity contribution >= 4 is 10.0 Å². The molecule has 0 aliphatic rings. The number of hydrogen-bond donors (Lipinski definition) is 1. The zero-order chi connectivity index (χ0) is 14.5. The summed E-state index contributed by atoms with van der Waals surface area (Å²) in [4.78, 5) is 0. The maximum atomic E-state index is 11.8. The highest BCUT2D eigenvalue weighted by Crippen LogP contribution is 2.16. The SMILES string of the molecule is CCOCC(C)NCc1ccc(S(=O)(=O)N(C)C)o1. The minimum atomic E-state index is -3.49. The molecule has 1 rings (SSSR count). The molecular weight excluding hydrogens is 268 g/mol. The zero-order valence-electron chi connectivity index (χ0n) is 11.8. The first-order valence-corrected chi connectivity index (χ1v) is 7.64. The molecular formula is C12H22N2O4S. The second-order valence-corrected chi connectivity index (χ2v) is 6.53. The van der Waals surface area contributed by atoms with Crippen LogP contribution in [0.3, 0.4) is 0 Å². The van der Waals surface area contributed by atoms with Gasteiger partial charge in [-0.1, -0.05) is 0 Å². The van der Waals surface area contributed by atoms with Crippen LogP contribution in [0.25, 0.3) is 0 Å². The van der Waals surface area contributed by atoms with Gasteiger partial charge in [-0.15, -0.1) is 0 Å². The lowest BCUT2D eigenvalue weighted by molar-refractivity contribution is 0.126. The van der Waals surface area contributed by atoms with E-state index in [1.54, 1.807) is 6.07 Å². The fourth-order valence-electron chi connectivity index (χ4n) is 1.40. The Morgan fingerprint density at radius 3 is 2.68 bits per heavy atom. The highest BCUT2D eigenvalue weighted by Gasteiger charge is 2.21. The van der Waals surface area contributed by atoms with Crippen molar-refractivity contribution in [1.82, 2.24) is 9.62 Å². The number of hydrogen-bond acceptors (Lipinski definition) is 5. The molecule has 1 atom stereocenters. The molecule has 0 spiro atoms. The van der Waals surface area contributed by atoms with Gasteiger partial charge in [0, 0.05) is 26.7 Å². The number of sulfonamides is 1. The number of nitrogens with one attached hydrogen (secondary N) is 1. The van der Waals surface area contributed by atoms with E-state index in [1.165, 1.54) is 20.2 Å². The summed E-state index contributed by atoms with van der Waals surface area (Å²) in [5.74, 6) is 0.587. The predicted octanol–water partition coefficient (Wildman–Crippen LogP) is 1.04. The Morgan fingerprint density at radius 1 is 1.42 bits per heavy atom. The molecule has 0 aromatic carbocycles. The van der Waals surface area contributed by atoms with Crippen LogP contribution >= 0.6 is 0 Å². The lowest BCUT2D eigenvalue weighted by Crippen LogP contribution is -2.29. The molecule has 1 aromatic heterocycles. The van der Waals surface area contributed by atoms with E-state index in [0.29, 0.717) is 25.5 Å². The number of rotatable bonds is 8. The summed E-state index contributed by atoms with van der Waals surface area (Å²) in [6.07, 6.45) is 0. The highest BCUT2D eigenvalue weighted by atomic mass is 32.2. The summed E-state index contributed by atoms with van der Waals surface area (Å²) in [6.45, 7) is 5.70. The van der Waals surface area contributed by atoms with Gasteiger partial charge in [0.05, 0.1) is 13.2 Å². The first kappa shape index (κ1) is 16.2. The fourth-order valence-corrected chi connectivity index (χ4v) is 2.21. The Hall–Kier alpha value is -0.890. The van der Waals surface area contributed by atoms with Gasteiger partial charge in [0.25, 0.3) is 10.0 Å². The monoisotopic (exact) mass is 290 g/mol. The summed E-state index contributed by atoms with van der Waals surface area (Å²) >= 11 is 0. The molecule has 19 heavy (non-hydrogen) atoms.